The lowest BCUT2D eigenvalue weighted by Gasteiger charge is -2.15. The molecule has 3 rings (SSSR count). The number of ether oxygens (including phenoxy) is 2. The van der Waals surface area contributed by atoms with E-state index in [4.69, 9.17) is 32.7 Å². The van der Waals surface area contributed by atoms with Crippen LogP contribution in [0.5, 0.6) is 11.5 Å². The van der Waals surface area contributed by atoms with Crippen LogP contribution in [0.15, 0.2) is 73.1 Å². The highest BCUT2D eigenvalue weighted by Gasteiger charge is 2.32. The van der Waals surface area contributed by atoms with Crippen molar-refractivity contribution in [2.24, 2.45) is 0 Å². The fourth-order valence-electron chi connectivity index (χ4n) is 2.93. The van der Waals surface area contributed by atoms with Crippen LogP contribution in [0, 0.1) is 0 Å². The molecular formula is C24H16Cl2F3NO4. The Labute approximate surface area is 202 Å². The molecule has 10 heteroatoms. The monoisotopic (exact) mass is 509 g/mol. The maximum atomic E-state index is 12.9. The van der Waals surface area contributed by atoms with Gasteiger partial charge in [-0.1, -0.05) is 48.0 Å². The average Bonchev–Trinajstić information content (AvgIpc) is 2.80. The molecule has 0 saturated carbocycles. The number of benzene rings is 2. The van der Waals surface area contributed by atoms with E-state index in [2.05, 4.69) is 11.6 Å². The number of rotatable bonds is 8. The quantitative estimate of drug-likeness (QED) is 0.190. The van der Waals surface area contributed by atoms with Gasteiger partial charge in [0.15, 0.2) is 5.75 Å². The van der Waals surface area contributed by atoms with Gasteiger partial charge in [0.05, 0.1) is 21.5 Å². The van der Waals surface area contributed by atoms with Crippen molar-refractivity contribution < 1.29 is 32.2 Å². The van der Waals surface area contributed by atoms with E-state index in [1.807, 2.05) is 0 Å². The maximum Gasteiger partial charge on any atom is 0.416 e. The van der Waals surface area contributed by atoms with Crippen LogP contribution in [0.25, 0.3) is 0 Å². The van der Waals surface area contributed by atoms with Crippen molar-refractivity contribution in [1.29, 1.82) is 0 Å². The largest absolute Gasteiger partial charge is 0.457 e. The van der Waals surface area contributed by atoms with E-state index in [1.165, 1.54) is 24.5 Å². The van der Waals surface area contributed by atoms with Gasteiger partial charge in [0, 0.05) is 18.0 Å². The van der Waals surface area contributed by atoms with E-state index in [9.17, 15) is 22.8 Å². The molecule has 3 aromatic rings. The number of esters is 1. The van der Waals surface area contributed by atoms with E-state index in [1.54, 1.807) is 24.3 Å². The lowest BCUT2D eigenvalue weighted by atomic mass is 9.95. The fourth-order valence-corrected chi connectivity index (χ4v) is 3.49. The Hall–Kier alpha value is -3.36. The number of aromatic nitrogens is 1. The van der Waals surface area contributed by atoms with Crippen LogP contribution in [0.3, 0.4) is 0 Å². The van der Waals surface area contributed by atoms with Gasteiger partial charge in [-0.3, -0.25) is 4.98 Å². The summed E-state index contributed by atoms with van der Waals surface area (Å²) in [6.07, 6.45) is -1.05. The molecule has 1 atom stereocenters. The summed E-state index contributed by atoms with van der Waals surface area (Å²) < 4.78 is 49.5. The fraction of sp³-hybridized carbons (Fsp3) is 0.125. The third-order valence-corrected chi connectivity index (χ3v) is 5.19. The zero-order chi connectivity index (χ0) is 24.9. The van der Waals surface area contributed by atoms with Crippen LogP contribution in [-0.4, -0.2) is 17.2 Å². The number of hydrogen-bond acceptors (Lipinski definition) is 5. The number of hydrogen-bond donors (Lipinski definition) is 0. The lowest BCUT2D eigenvalue weighted by Crippen LogP contribution is -2.15. The van der Waals surface area contributed by atoms with Crippen molar-refractivity contribution in [2.45, 2.75) is 18.7 Å². The molecule has 0 radical (unpaired) electrons. The highest BCUT2D eigenvalue weighted by Crippen LogP contribution is 2.41. The van der Waals surface area contributed by atoms with Crippen LogP contribution in [0.1, 0.15) is 22.6 Å². The van der Waals surface area contributed by atoms with Gasteiger partial charge in [0.1, 0.15) is 18.6 Å². The van der Waals surface area contributed by atoms with E-state index in [0.717, 1.165) is 0 Å². The minimum atomic E-state index is -4.61. The highest BCUT2D eigenvalue weighted by molar-refractivity contribution is 6.37. The Balaban J connectivity index is 1.69. The average molecular weight is 510 g/mol. The van der Waals surface area contributed by atoms with Gasteiger partial charge < -0.3 is 14.3 Å². The number of alkyl halides is 3. The number of carbonyl (C=O) groups is 2. The molecule has 1 heterocycles. The van der Waals surface area contributed by atoms with Gasteiger partial charge >= 0.3 is 12.1 Å². The van der Waals surface area contributed by atoms with Crippen molar-refractivity contribution in [3.63, 3.8) is 0 Å². The summed E-state index contributed by atoms with van der Waals surface area (Å²) in [6, 6.07) is 10.9. The molecule has 0 aliphatic carbocycles. The third kappa shape index (κ3) is 6.15. The van der Waals surface area contributed by atoms with E-state index >= 15 is 0 Å². The predicted octanol–water partition coefficient (Wildman–Crippen LogP) is 6.78. The molecule has 0 bridgehead atoms. The smallest absolute Gasteiger partial charge is 0.416 e. The maximum absolute atomic E-state index is 12.9. The van der Waals surface area contributed by atoms with Gasteiger partial charge in [0.2, 0.25) is 0 Å². The van der Waals surface area contributed by atoms with Crippen molar-refractivity contribution in [3.05, 3.63) is 99.8 Å². The van der Waals surface area contributed by atoms with Crippen LogP contribution in [0.4, 0.5) is 13.2 Å². The predicted molar refractivity (Wildman–Crippen MR) is 120 cm³/mol. The summed E-state index contributed by atoms with van der Waals surface area (Å²) in [5, 5.41) is -0.633. The summed E-state index contributed by atoms with van der Waals surface area (Å²) in [4.78, 5) is 27.8. The van der Waals surface area contributed by atoms with E-state index in [-0.39, 0.29) is 33.7 Å². The Bertz CT molecular complexity index is 1190. The van der Waals surface area contributed by atoms with E-state index in [0.29, 0.717) is 29.5 Å². The van der Waals surface area contributed by atoms with Crippen molar-refractivity contribution >= 4 is 35.5 Å². The van der Waals surface area contributed by atoms with Crippen LogP contribution < -0.4 is 4.74 Å². The molecule has 0 fully saturated rings. The Morgan fingerprint density at radius 2 is 1.82 bits per heavy atom. The minimum Gasteiger partial charge on any atom is -0.457 e. The molecule has 34 heavy (non-hydrogen) atoms. The molecule has 176 valence electrons. The Morgan fingerprint density at radius 3 is 2.41 bits per heavy atom. The van der Waals surface area contributed by atoms with Gasteiger partial charge in [-0.05, 0) is 41.5 Å². The van der Waals surface area contributed by atoms with Crippen molar-refractivity contribution in [3.8, 4) is 11.5 Å². The number of aldehydes is 1. The molecule has 5 nitrogen and oxygen atoms in total. The molecule has 2 aromatic carbocycles. The summed E-state index contributed by atoms with van der Waals surface area (Å²) in [5.41, 5.74) is -0.0589. The Kier molecular flexibility index (Phi) is 7.96. The molecule has 1 unspecified atom stereocenters. The van der Waals surface area contributed by atoms with E-state index < -0.39 is 23.6 Å². The normalized spacial score (nSPS) is 12.0. The second-order valence-corrected chi connectivity index (χ2v) is 7.83. The van der Waals surface area contributed by atoms with Gasteiger partial charge in [-0.25, -0.2) is 4.79 Å². The Morgan fingerprint density at radius 1 is 1.12 bits per heavy atom. The number of nitrogens with zero attached hydrogens (tertiary/aromatic N) is 1. The summed E-state index contributed by atoms with van der Waals surface area (Å²) in [6.45, 7) is 3.49. The SMILES string of the molecule is C=C(C(=O)OCc1cccc(Oc2c(Cl)cc(C(F)(F)F)cc2Cl)c1)C(C=O)c1cccnc1. The molecule has 0 saturated heterocycles. The highest BCUT2D eigenvalue weighted by atomic mass is 35.5. The second kappa shape index (κ2) is 10.7. The zero-order valence-electron chi connectivity index (χ0n) is 17.3. The first-order chi connectivity index (χ1) is 16.1. The summed E-state index contributed by atoms with van der Waals surface area (Å²) >= 11 is 11.9. The molecule has 0 spiro atoms. The van der Waals surface area contributed by atoms with Gasteiger partial charge in [-0.2, -0.15) is 13.2 Å². The topological polar surface area (TPSA) is 65.5 Å². The van der Waals surface area contributed by atoms with Crippen molar-refractivity contribution in [2.75, 3.05) is 0 Å². The molecule has 0 amide bonds. The number of carbonyl (C=O) groups excluding carboxylic acids is 2. The second-order valence-electron chi connectivity index (χ2n) is 7.02. The first-order valence-electron chi connectivity index (χ1n) is 9.64. The first-order valence-corrected chi connectivity index (χ1v) is 10.4. The minimum absolute atomic E-state index is 0.0567. The van der Waals surface area contributed by atoms with Crippen LogP contribution in [-0.2, 0) is 27.1 Å². The molecule has 0 N–H and O–H groups in total. The van der Waals surface area contributed by atoms with Crippen LogP contribution in [0.2, 0.25) is 10.0 Å². The van der Waals surface area contributed by atoms with Gasteiger partial charge in [-0.15, -0.1) is 0 Å². The molecular weight excluding hydrogens is 494 g/mol. The number of pyridine rings is 1. The summed E-state index contributed by atoms with van der Waals surface area (Å²) in [7, 11) is 0. The molecule has 0 aliphatic heterocycles. The summed E-state index contributed by atoms with van der Waals surface area (Å²) in [5.74, 6) is -1.62. The van der Waals surface area contributed by atoms with Gasteiger partial charge in [0.25, 0.3) is 0 Å². The zero-order valence-corrected chi connectivity index (χ0v) is 18.8. The molecule has 0 aliphatic rings. The third-order valence-electron chi connectivity index (χ3n) is 4.63. The molecule has 1 aromatic heterocycles. The standard InChI is InChI=1S/C24H16Cl2F3NO4/c1-14(19(12-31)16-5-3-7-30-11-16)23(32)33-13-15-4-2-6-18(8-15)34-22-20(25)9-17(10-21(22)26)24(27,28)29/h2-12,19H,1,13H2. The van der Waals surface area contributed by atoms with Crippen molar-refractivity contribution in [1.82, 2.24) is 4.98 Å². The van der Waals surface area contributed by atoms with Crippen LogP contribution >= 0.6 is 23.2 Å². The lowest BCUT2D eigenvalue weighted by molar-refractivity contribution is -0.141. The first kappa shape index (κ1) is 25.3. The number of halogens is 5.